The van der Waals surface area contributed by atoms with Crippen molar-refractivity contribution in [3.63, 3.8) is 0 Å². The maximum Gasteiger partial charge on any atom is 0.0707 e. The normalized spacial score (nSPS) is 35.1. The van der Waals surface area contributed by atoms with Crippen LogP contribution in [-0.4, -0.2) is 37.2 Å². The van der Waals surface area contributed by atoms with Crippen molar-refractivity contribution in [2.75, 3.05) is 26.7 Å². The second kappa shape index (κ2) is 3.58. The summed E-state index contributed by atoms with van der Waals surface area (Å²) in [5.41, 5.74) is 0.277. The molecule has 2 saturated heterocycles. The highest BCUT2D eigenvalue weighted by atomic mass is 16.5. The zero-order valence-electron chi connectivity index (χ0n) is 8.88. The van der Waals surface area contributed by atoms with Crippen LogP contribution in [0.2, 0.25) is 0 Å². The van der Waals surface area contributed by atoms with Gasteiger partial charge >= 0.3 is 0 Å². The van der Waals surface area contributed by atoms with Crippen LogP contribution in [0.4, 0.5) is 0 Å². The zero-order valence-corrected chi connectivity index (χ0v) is 8.88. The fourth-order valence-electron chi connectivity index (χ4n) is 2.40. The number of nitrogens with zero attached hydrogens (tertiary/aromatic N) is 1. The molecule has 2 aliphatic heterocycles. The summed E-state index contributed by atoms with van der Waals surface area (Å²) in [6.07, 6.45) is 5.15. The summed E-state index contributed by atoms with van der Waals surface area (Å²) in [4.78, 5) is 2.41. The molecule has 0 bridgehead atoms. The average molecular weight is 183 g/mol. The molecule has 2 nitrogen and oxygen atoms in total. The predicted octanol–water partition coefficient (Wildman–Crippen LogP) is 1.90. The van der Waals surface area contributed by atoms with Crippen LogP contribution < -0.4 is 0 Å². The molecule has 0 aromatic rings. The molecule has 2 aliphatic rings. The fourth-order valence-corrected chi connectivity index (χ4v) is 2.40. The Morgan fingerprint density at radius 2 is 1.92 bits per heavy atom. The van der Waals surface area contributed by atoms with Gasteiger partial charge in [-0.1, -0.05) is 6.92 Å². The Labute approximate surface area is 81.3 Å². The van der Waals surface area contributed by atoms with E-state index >= 15 is 0 Å². The third kappa shape index (κ3) is 2.05. The van der Waals surface area contributed by atoms with Crippen molar-refractivity contribution in [1.29, 1.82) is 0 Å². The molecule has 1 unspecified atom stereocenters. The second-order valence-corrected chi connectivity index (χ2v) is 4.94. The van der Waals surface area contributed by atoms with Crippen LogP contribution in [0.15, 0.2) is 0 Å². The van der Waals surface area contributed by atoms with E-state index in [9.17, 15) is 0 Å². The van der Waals surface area contributed by atoms with E-state index in [0.717, 1.165) is 12.5 Å². The molecule has 0 aromatic heterocycles. The number of hydrogen-bond acceptors (Lipinski definition) is 2. The first-order chi connectivity index (χ1) is 6.20. The zero-order chi connectivity index (χ0) is 9.31. The lowest BCUT2D eigenvalue weighted by Crippen LogP contribution is -2.47. The molecular weight excluding hydrogens is 162 g/mol. The van der Waals surface area contributed by atoms with Crippen molar-refractivity contribution in [3.05, 3.63) is 0 Å². The van der Waals surface area contributed by atoms with Gasteiger partial charge in [0.1, 0.15) is 0 Å². The van der Waals surface area contributed by atoms with E-state index in [1.54, 1.807) is 0 Å². The van der Waals surface area contributed by atoms with E-state index < -0.39 is 0 Å². The molecule has 0 aliphatic carbocycles. The van der Waals surface area contributed by atoms with Crippen LogP contribution in [0.3, 0.4) is 0 Å². The molecule has 76 valence electrons. The molecule has 1 atom stereocenters. The number of ether oxygens (including phenoxy) is 1. The number of piperidine rings is 1. The average Bonchev–Trinajstić information content (AvgIpc) is 2.16. The molecule has 2 heteroatoms. The summed E-state index contributed by atoms with van der Waals surface area (Å²) in [5.74, 6) is 0.783. The Morgan fingerprint density at radius 1 is 1.23 bits per heavy atom. The molecule has 2 fully saturated rings. The maximum atomic E-state index is 6.04. The summed E-state index contributed by atoms with van der Waals surface area (Å²) in [7, 11) is 2.21. The first kappa shape index (κ1) is 9.47. The van der Waals surface area contributed by atoms with Crippen LogP contribution in [0.5, 0.6) is 0 Å². The van der Waals surface area contributed by atoms with Crippen molar-refractivity contribution in [2.45, 2.75) is 38.2 Å². The second-order valence-electron chi connectivity index (χ2n) is 4.94. The van der Waals surface area contributed by atoms with E-state index in [2.05, 4.69) is 18.9 Å². The van der Waals surface area contributed by atoms with Crippen LogP contribution in [-0.2, 0) is 4.74 Å². The lowest BCUT2D eigenvalue weighted by Gasteiger charge is -2.44. The lowest BCUT2D eigenvalue weighted by atomic mass is 9.82. The van der Waals surface area contributed by atoms with E-state index in [0.29, 0.717) is 0 Å². The van der Waals surface area contributed by atoms with E-state index in [1.807, 2.05) is 0 Å². The molecule has 0 saturated carbocycles. The molecule has 13 heavy (non-hydrogen) atoms. The van der Waals surface area contributed by atoms with Crippen molar-refractivity contribution in [2.24, 2.45) is 5.92 Å². The van der Waals surface area contributed by atoms with Crippen molar-refractivity contribution in [1.82, 2.24) is 4.90 Å². The maximum absolute atomic E-state index is 6.04. The van der Waals surface area contributed by atoms with E-state index in [1.165, 1.54) is 38.8 Å². The topological polar surface area (TPSA) is 12.5 Å². The van der Waals surface area contributed by atoms with Gasteiger partial charge in [0.05, 0.1) is 5.60 Å². The third-order valence-corrected chi connectivity index (χ3v) is 3.67. The van der Waals surface area contributed by atoms with Crippen molar-refractivity contribution < 1.29 is 4.74 Å². The minimum absolute atomic E-state index is 0.277. The Kier molecular flexibility index (Phi) is 2.61. The molecule has 1 spiro atoms. The summed E-state index contributed by atoms with van der Waals surface area (Å²) < 4.78 is 6.04. The largest absolute Gasteiger partial charge is 0.375 e. The number of likely N-dealkylation sites (tertiary alicyclic amines) is 1. The smallest absolute Gasteiger partial charge is 0.0707 e. The van der Waals surface area contributed by atoms with Crippen LogP contribution in [0, 0.1) is 5.92 Å². The van der Waals surface area contributed by atoms with E-state index in [4.69, 9.17) is 4.74 Å². The molecular formula is C11H21NO. The van der Waals surface area contributed by atoms with Gasteiger partial charge in [0.15, 0.2) is 0 Å². The number of hydrogen-bond donors (Lipinski definition) is 0. The minimum atomic E-state index is 0.277. The standard InChI is InChI=1S/C11H21NO/c1-10-3-4-11(13-9-10)5-7-12(2)8-6-11/h10H,3-9H2,1-2H3. The van der Waals surface area contributed by atoms with Gasteiger partial charge in [-0.15, -0.1) is 0 Å². The SMILES string of the molecule is CC1CCC2(CCN(C)CC2)OC1. The van der Waals surface area contributed by atoms with Gasteiger partial charge in [-0.05, 0) is 38.6 Å². The van der Waals surface area contributed by atoms with Gasteiger partial charge in [0.25, 0.3) is 0 Å². The number of rotatable bonds is 0. The molecule has 0 aromatic carbocycles. The van der Waals surface area contributed by atoms with Gasteiger partial charge < -0.3 is 9.64 Å². The fraction of sp³-hybridized carbons (Fsp3) is 1.00. The van der Waals surface area contributed by atoms with Crippen LogP contribution in [0.25, 0.3) is 0 Å². The molecule has 0 amide bonds. The Bertz CT molecular complexity index is 141. The molecule has 0 radical (unpaired) electrons. The van der Waals surface area contributed by atoms with Crippen LogP contribution >= 0.6 is 0 Å². The lowest BCUT2D eigenvalue weighted by molar-refractivity contribution is -0.124. The predicted molar refractivity (Wildman–Crippen MR) is 53.8 cm³/mol. The van der Waals surface area contributed by atoms with Gasteiger partial charge in [0.2, 0.25) is 0 Å². The van der Waals surface area contributed by atoms with Crippen molar-refractivity contribution in [3.8, 4) is 0 Å². The Hall–Kier alpha value is -0.0800. The van der Waals surface area contributed by atoms with Gasteiger partial charge in [-0.3, -0.25) is 0 Å². The van der Waals surface area contributed by atoms with Gasteiger partial charge in [0, 0.05) is 19.7 Å². The van der Waals surface area contributed by atoms with Gasteiger partial charge in [-0.2, -0.15) is 0 Å². The van der Waals surface area contributed by atoms with Crippen LogP contribution in [0.1, 0.15) is 32.6 Å². The highest BCUT2D eigenvalue weighted by Crippen LogP contribution is 2.35. The highest BCUT2D eigenvalue weighted by Gasteiger charge is 2.37. The molecule has 2 heterocycles. The molecule has 0 N–H and O–H groups in total. The quantitative estimate of drug-likeness (QED) is 0.568. The first-order valence-electron chi connectivity index (χ1n) is 5.53. The summed E-state index contributed by atoms with van der Waals surface area (Å²) in [5, 5.41) is 0. The Balaban J connectivity index is 1.90. The third-order valence-electron chi connectivity index (χ3n) is 3.67. The molecule has 2 rings (SSSR count). The summed E-state index contributed by atoms with van der Waals surface area (Å²) in [6.45, 7) is 5.72. The Morgan fingerprint density at radius 3 is 2.46 bits per heavy atom. The van der Waals surface area contributed by atoms with E-state index in [-0.39, 0.29) is 5.60 Å². The monoisotopic (exact) mass is 183 g/mol. The summed E-state index contributed by atoms with van der Waals surface area (Å²) >= 11 is 0. The van der Waals surface area contributed by atoms with Crippen molar-refractivity contribution >= 4 is 0 Å². The minimum Gasteiger partial charge on any atom is -0.375 e. The van der Waals surface area contributed by atoms with Gasteiger partial charge in [-0.25, -0.2) is 0 Å². The highest BCUT2D eigenvalue weighted by molar-refractivity contribution is 4.89. The first-order valence-corrected chi connectivity index (χ1v) is 5.53. The summed E-state index contributed by atoms with van der Waals surface area (Å²) in [6, 6.07) is 0.